The van der Waals surface area contributed by atoms with Gasteiger partial charge in [-0.2, -0.15) is 0 Å². The Morgan fingerprint density at radius 3 is 2.41 bits per heavy atom. The van der Waals surface area contributed by atoms with E-state index in [0.29, 0.717) is 6.04 Å². The molecule has 1 aliphatic heterocycles. The van der Waals surface area contributed by atoms with E-state index in [4.69, 9.17) is 17.2 Å². The zero-order valence-electron chi connectivity index (χ0n) is 19.2. The van der Waals surface area contributed by atoms with Gasteiger partial charge in [-0.3, -0.25) is 4.98 Å². The molecule has 32 heavy (non-hydrogen) atoms. The maximum absolute atomic E-state index is 5.90. The molecule has 4 nitrogen and oxygen atoms in total. The predicted molar refractivity (Wildman–Crippen MR) is 135 cm³/mol. The van der Waals surface area contributed by atoms with Crippen LogP contribution in [0.1, 0.15) is 78.4 Å². The van der Waals surface area contributed by atoms with Crippen molar-refractivity contribution in [3.8, 4) is 0 Å². The van der Waals surface area contributed by atoms with Crippen LogP contribution in [0.2, 0.25) is 0 Å². The van der Waals surface area contributed by atoms with Gasteiger partial charge in [-0.1, -0.05) is 43.0 Å². The minimum Gasteiger partial charge on any atom is -0.351 e. The molecule has 2 atom stereocenters. The monoisotopic (exact) mass is 444 g/mol. The highest BCUT2D eigenvalue weighted by Crippen LogP contribution is 2.44. The minimum absolute atomic E-state index is 0.00492. The van der Waals surface area contributed by atoms with Crippen molar-refractivity contribution in [3.05, 3.63) is 82.9 Å². The number of nitrogens with zero attached hydrogens (tertiary/aromatic N) is 3. The Labute approximate surface area is 196 Å². The van der Waals surface area contributed by atoms with Crippen molar-refractivity contribution in [2.24, 2.45) is 0 Å². The first kappa shape index (κ1) is 21.2. The van der Waals surface area contributed by atoms with Crippen molar-refractivity contribution in [2.75, 3.05) is 4.90 Å². The lowest BCUT2D eigenvalue weighted by Crippen LogP contribution is -2.29. The van der Waals surface area contributed by atoms with Gasteiger partial charge in [0.15, 0.2) is 5.11 Å². The van der Waals surface area contributed by atoms with Crippen LogP contribution in [0.5, 0.6) is 0 Å². The molecule has 0 radical (unpaired) electrons. The van der Waals surface area contributed by atoms with Crippen molar-refractivity contribution in [3.63, 3.8) is 0 Å². The van der Waals surface area contributed by atoms with Crippen molar-refractivity contribution >= 4 is 23.0 Å². The van der Waals surface area contributed by atoms with Gasteiger partial charge in [-0.15, -0.1) is 0 Å². The number of aromatic nitrogens is 2. The van der Waals surface area contributed by atoms with Gasteiger partial charge in [-0.05, 0) is 81.7 Å². The standard InChI is InChI=1S/C27H32N4S/c1-18-12-14-22(15-13-18)31-26(25(29-27(31)32)24-11-7-8-16-28-24)23-17-19(2)30(20(23)3)21-9-5-4-6-10-21/h7-8,11-17,21,25-26H,4-6,9-10H2,1-3H3,(H,29,32). The van der Waals surface area contributed by atoms with Crippen LogP contribution in [0, 0.1) is 20.8 Å². The number of hydrogen-bond donors (Lipinski definition) is 1. The summed E-state index contributed by atoms with van der Waals surface area (Å²) in [6, 6.07) is 17.9. The average molecular weight is 445 g/mol. The van der Waals surface area contributed by atoms with E-state index in [1.165, 1.54) is 54.6 Å². The summed E-state index contributed by atoms with van der Waals surface area (Å²) in [5.74, 6) is 0. The van der Waals surface area contributed by atoms with Crippen LogP contribution in [-0.2, 0) is 0 Å². The van der Waals surface area contributed by atoms with E-state index in [0.717, 1.165) is 16.5 Å². The van der Waals surface area contributed by atoms with Crippen LogP contribution in [0.3, 0.4) is 0 Å². The fraction of sp³-hybridized carbons (Fsp3) is 0.407. The molecular formula is C27H32N4S. The Morgan fingerprint density at radius 1 is 0.969 bits per heavy atom. The van der Waals surface area contributed by atoms with Crippen LogP contribution < -0.4 is 10.2 Å². The van der Waals surface area contributed by atoms with E-state index in [2.05, 4.69) is 78.0 Å². The summed E-state index contributed by atoms with van der Waals surface area (Å²) in [6.45, 7) is 6.68. The third-order valence-corrected chi connectivity index (χ3v) is 7.51. The van der Waals surface area contributed by atoms with Crippen molar-refractivity contribution in [1.82, 2.24) is 14.9 Å². The largest absolute Gasteiger partial charge is 0.351 e. The Hall–Kier alpha value is -2.66. The molecule has 0 amide bonds. The maximum atomic E-state index is 5.90. The van der Waals surface area contributed by atoms with Gasteiger partial charge < -0.3 is 14.8 Å². The van der Waals surface area contributed by atoms with Crippen LogP contribution >= 0.6 is 12.2 Å². The molecule has 3 heterocycles. The number of benzene rings is 1. The van der Waals surface area contributed by atoms with Gasteiger partial charge in [0.1, 0.15) is 0 Å². The molecule has 2 unspecified atom stereocenters. The second-order valence-electron chi connectivity index (χ2n) is 9.32. The van der Waals surface area contributed by atoms with Gasteiger partial charge in [0, 0.05) is 29.3 Å². The second-order valence-corrected chi connectivity index (χ2v) is 9.71. The first-order valence-electron chi connectivity index (χ1n) is 11.8. The first-order valence-corrected chi connectivity index (χ1v) is 12.2. The predicted octanol–water partition coefficient (Wildman–Crippen LogP) is 6.49. The third-order valence-electron chi connectivity index (χ3n) is 7.19. The highest BCUT2D eigenvalue weighted by atomic mass is 32.1. The summed E-state index contributed by atoms with van der Waals surface area (Å²) in [4.78, 5) is 7.00. The number of nitrogens with one attached hydrogen (secondary N) is 1. The summed E-state index contributed by atoms with van der Waals surface area (Å²) >= 11 is 5.90. The highest BCUT2D eigenvalue weighted by molar-refractivity contribution is 7.80. The second kappa shape index (κ2) is 8.70. The Bertz CT molecular complexity index is 1100. The number of anilines is 1. The fourth-order valence-corrected chi connectivity index (χ4v) is 6.00. The molecule has 1 aromatic carbocycles. The number of aryl methyl sites for hydroxylation is 2. The van der Waals surface area contributed by atoms with Gasteiger partial charge in [-0.25, -0.2) is 0 Å². The molecule has 2 aliphatic rings. The minimum atomic E-state index is 0.00492. The lowest BCUT2D eigenvalue weighted by Gasteiger charge is -2.30. The zero-order valence-corrected chi connectivity index (χ0v) is 20.0. The zero-order chi connectivity index (χ0) is 22.2. The van der Waals surface area contributed by atoms with Crippen LogP contribution in [-0.4, -0.2) is 14.7 Å². The van der Waals surface area contributed by atoms with E-state index in [-0.39, 0.29) is 12.1 Å². The lowest BCUT2D eigenvalue weighted by atomic mass is 9.94. The molecule has 1 saturated carbocycles. The first-order chi connectivity index (χ1) is 15.5. The molecule has 3 aromatic rings. The molecule has 1 aliphatic carbocycles. The molecule has 5 rings (SSSR count). The number of pyridine rings is 1. The molecule has 5 heteroatoms. The summed E-state index contributed by atoms with van der Waals surface area (Å²) in [7, 11) is 0. The van der Waals surface area contributed by atoms with E-state index < -0.39 is 0 Å². The Balaban J connectivity index is 1.62. The van der Waals surface area contributed by atoms with Crippen LogP contribution in [0.4, 0.5) is 5.69 Å². The maximum Gasteiger partial charge on any atom is 0.174 e. The van der Waals surface area contributed by atoms with Crippen LogP contribution in [0.25, 0.3) is 0 Å². The van der Waals surface area contributed by atoms with Gasteiger partial charge in [0.25, 0.3) is 0 Å². The Kier molecular flexibility index (Phi) is 5.76. The van der Waals surface area contributed by atoms with E-state index >= 15 is 0 Å². The Morgan fingerprint density at radius 2 is 1.72 bits per heavy atom. The molecule has 1 saturated heterocycles. The molecule has 2 aromatic heterocycles. The summed E-state index contributed by atoms with van der Waals surface area (Å²) in [5, 5.41) is 4.36. The number of rotatable bonds is 4. The van der Waals surface area contributed by atoms with Crippen molar-refractivity contribution < 1.29 is 0 Å². The smallest absolute Gasteiger partial charge is 0.174 e. The lowest BCUT2D eigenvalue weighted by molar-refractivity contribution is 0.345. The quantitative estimate of drug-likeness (QED) is 0.466. The average Bonchev–Trinajstić information content (AvgIpc) is 3.31. The number of thiocarbonyl (C=S) groups is 1. The molecule has 0 bridgehead atoms. The summed E-state index contributed by atoms with van der Waals surface area (Å²) < 4.78 is 2.60. The molecule has 1 N–H and O–H groups in total. The fourth-order valence-electron chi connectivity index (χ4n) is 5.66. The molecule has 2 fully saturated rings. The van der Waals surface area contributed by atoms with E-state index in [1.54, 1.807) is 0 Å². The summed E-state index contributed by atoms with van der Waals surface area (Å²) in [5.41, 5.74) is 7.46. The topological polar surface area (TPSA) is 33.1 Å². The van der Waals surface area contributed by atoms with E-state index in [9.17, 15) is 0 Å². The van der Waals surface area contributed by atoms with Gasteiger partial charge in [0.05, 0.1) is 17.8 Å². The molecule has 166 valence electrons. The van der Waals surface area contributed by atoms with Gasteiger partial charge >= 0.3 is 0 Å². The van der Waals surface area contributed by atoms with Crippen molar-refractivity contribution in [1.29, 1.82) is 0 Å². The number of hydrogen-bond acceptors (Lipinski definition) is 2. The van der Waals surface area contributed by atoms with Crippen molar-refractivity contribution in [2.45, 2.75) is 71.0 Å². The highest BCUT2D eigenvalue weighted by Gasteiger charge is 2.42. The summed E-state index contributed by atoms with van der Waals surface area (Å²) in [6.07, 6.45) is 8.46. The normalized spacial score (nSPS) is 21.7. The third kappa shape index (κ3) is 3.73. The molecular weight excluding hydrogens is 412 g/mol. The van der Waals surface area contributed by atoms with Crippen LogP contribution in [0.15, 0.2) is 54.7 Å². The van der Waals surface area contributed by atoms with Gasteiger partial charge in [0.2, 0.25) is 0 Å². The SMILES string of the molecule is Cc1ccc(N2C(=S)NC(c3ccccn3)C2c2cc(C)n(C3CCCCC3)c2C)cc1. The van der Waals surface area contributed by atoms with E-state index in [1.807, 2.05) is 12.3 Å². The molecule has 0 spiro atoms.